The summed E-state index contributed by atoms with van der Waals surface area (Å²) in [6.45, 7) is 7.46. The molecule has 2 saturated heterocycles. The second kappa shape index (κ2) is 14.4. The molecule has 0 saturated carbocycles. The molecule has 0 N–H and O–H groups in total. The van der Waals surface area contributed by atoms with E-state index in [9.17, 15) is 4.79 Å². The average molecular weight is 724 g/mol. The first-order chi connectivity index (χ1) is 24.2. The van der Waals surface area contributed by atoms with E-state index in [0.717, 1.165) is 25.2 Å². The fourth-order valence-corrected chi connectivity index (χ4v) is 6.85. The SMILES string of the molecule is CCC(C)n1ncn(-c2ccc(N3CCN(c4ccc(OC[C@@H]5CO[C@@](Cn6cncn6)(c6ccc(Cl)cc6Cl)O5)cc4)CC3)c(F)c2)c1=O. The normalized spacial score (nSPS) is 20.0. The summed E-state index contributed by atoms with van der Waals surface area (Å²) >= 11 is 12.7. The van der Waals surface area contributed by atoms with Crippen LogP contribution < -0.4 is 20.2 Å². The van der Waals surface area contributed by atoms with Gasteiger partial charge in [0.1, 0.15) is 49.8 Å². The molecule has 0 amide bonds. The van der Waals surface area contributed by atoms with E-state index in [2.05, 4.69) is 20.1 Å². The second-order valence-electron chi connectivity index (χ2n) is 12.4. The van der Waals surface area contributed by atoms with Gasteiger partial charge in [0, 0.05) is 48.5 Å². The Labute approximate surface area is 298 Å². The minimum atomic E-state index is -1.18. The van der Waals surface area contributed by atoms with Crippen LogP contribution in [0.25, 0.3) is 5.69 Å². The number of rotatable bonds is 11. The molecule has 2 aromatic heterocycles. The number of nitrogens with zero attached hydrogens (tertiary/aromatic N) is 8. The van der Waals surface area contributed by atoms with Crippen LogP contribution in [0.5, 0.6) is 5.75 Å². The summed E-state index contributed by atoms with van der Waals surface area (Å²) in [7, 11) is 0. The highest BCUT2D eigenvalue weighted by Crippen LogP contribution is 2.40. The summed E-state index contributed by atoms with van der Waals surface area (Å²) in [5.41, 5.74) is 2.39. The second-order valence-corrected chi connectivity index (χ2v) is 13.3. The third-order valence-electron chi connectivity index (χ3n) is 9.21. The molecule has 12 nitrogen and oxygen atoms in total. The van der Waals surface area contributed by atoms with Crippen LogP contribution in [0, 0.1) is 5.82 Å². The summed E-state index contributed by atoms with van der Waals surface area (Å²) in [6.07, 6.45) is 4.90. The van der Waals surface area contributed by atoms with Crippen molar-refractivity contribution in [3.63, 3.8) is 0 Å². The number of benzene rings is 3. The summed E-state index contributed by atoms with van der Waals surface area (Å²) in [6, 6.07) is 18.0. The fraction of sp³-hybridized carbons (Fsp3) is 0.371. The first-order valence-electron chi connectivity index (χ1n) is 16.5. The minimum Gasteiger partial charge on any atom is -0.491 e. The standard InChI is InChI=1S/C35H37Cl2FN8O4/c1-3-24(2)46-34(47)45(23-41-46)27-7-11-33(32(38)17-27)43-14-12-42(13-15-43)26-5-8-28(9-6-26)48-18-29-19-49-35(50-29,20-44-22-39-21-40-44)30-10-4-25(36)16-31(30)37/h4-11,16-17,21-24,29H,3,12-15,18-20H2,1-2H3/t24?,29-,35-/m1/s1. The van der Waals surface area contributed by atoms with Crippen LogP contribution >= 0.6 is 23.2 Å². The Balaban J connectivity index is 0.939. The number of hydrogen-bond donors (Lipinski definition) is 0. The molecule has 262 valence electrons. The number of anilines is 2. The highest BCUT2D eigenvalue weighted by molar-refractivity contribution is 6.35. The van der Waals surface area contributed by atoms with Crippen LogP contribution in [-0.2, 0) is 21.8 Å². The monoisotopic (exact) mass is 722 g/mol. The van der Waals surface area contributed by atoms with Crippen LogP contribution in [0.15, 0.2) is 84.4 Å². The largest absolute Gasteiger partial charge is 0.491 e. The summed E-state index contributed by atoms with van der Waals surface area (Å²) < 4.78 is 38.6. The molecule has 3 atom stereocenters. The van der Waals surface area contributed by atoms with Crippen LogP contribution in [0.3, 0.4) is 0 Å². The quantitative estimate of drug-likeness (QED) is 0.169. The molecule has 2 aliphatic rings. The molecule has 4 heterocycles. The van der Waals surface area contributed by atoms with E-state index in [-0.39, 0.29) is 36.8 Å². The maximum absolute atomic E-state index is 15.3. The summed E-state index contributed by atoms with van der Waals surface area (Å²) in [5, 5.41) is 9.37. The van der Waals surface area contributed by atoms with Gasteiger partial charge in [-0.15, -0.1) is 0 Å². The molecule has 7 rings (SSSR count). The van der Waals surface area contributed by atoms with Gasteiger partial charge in [0.25, 0.3) is 0 Å². The first kappa shape index (κ1) is 34.0. The Bertz CT molecular complexity index is 1980. The van der Waals surface area contributed by atoms with E-state index in [1.54, 1.807) is 41.3 Å². The van der Waals surface area contributed by atoms with Crippen molar-refractivity contribution in [2.75, 3.05) is 49.2 Å². The van der Waals surface area contributed by atoms with Gasteiger partial charge < -0.3 is 24.0 Å². The molecule has 0 bridgehead atoms. The summed E-state index contributed by atoms with van der Waals surface area (Å²) in [5.74, 6) is -0.855. The molecule has 2 aliphatic heterocycles. The van der Waals surface area contributed by atoms with Gasteiger partial charge >= 0.3 is 5.69 Å². The zero-order chi connectivity index (χ0) is 34.8. The van der Waals surface area contributed by atoms with Gasteiger partial charge in [0.2, 0.25) is 5.79 Å². The zero-order valence-corrected chi connectivity index (χ0v) is 29.2. The third-order valence-corrected chi connectivity index (χ3v) is 9.75. The van der Waals surface area contributed by atoms with Crippen LogP contribution in [0.2, 0.25) is 10.0 Å². The van der Waals surface area contributed by atoms with Crippen molar-refractivity contribution in [2.24, 2.45) is 0 Å². The minimum absolute atomic E-state index is 0.0329. The lowest BCUT2D eigenvalue weighted by Gasteiger charge is -2.37. The fourth-order valence-electron chi connectivity index (χ4n) is 6.30. The lowest BCUT2D eigenvalue weighted by molar-refractivity contribution is -0.190. The number of halogens is 3. The molecule has 1 unspecified atom stereocenters. The maximum atomic E-state index is 15.3. The highest BCUT2D eigenvalue weighted by Gasteiger charge is 2.45. The zero-order valence-electron chi connectivity index (χ0n) is 27.7. The Morgan fingerprint density at radius 2 is 1.74 bits per heavy atom. The number of aromatic nitrogens is 6. The van der Waals surface area contributed by atoms with Crippen LogP contribution in [-0.4, -0.2) is 74.6 Å². The highest BCUT2D eigenvalue weighted by atomic mass is 35.5. The molecule has 2 fully saturated rings. The number of ether oxygens (including phenoxy) is 3. The Hall–Kier alpha value is -4.43. The van der Waals surface area contributed by atoms with Crippen molar-refractivity contribution in [1.82, 2.24) is 29.1 Å². The molecule has 0 radical (unpaired) electrons. The van der Waals surface area contributed by atoms with E-state index in [1.807, 2.05) is 43.0 Å². The Morgan fingerprint density at radius 3 is 2.44 bits per heavy atom. The molecular weight excluding hydrogens is 686 g/mol. The van der Waals surface area contributed by atoms with E-state index in [1.165, 1.54) is 28.0 Å². The van der Waals surface area contributed by atoms with E-state index < -0.39 is 5.79 Å². The van der Waals surface area contributed by atoms with Crippen molar-refractivity contribution >= 4 is 34.6 Å². The lowest BCUT2D eigenvalue weighted by atomic mass is 10.1. The van der Waals surface area contributed by atoms with Crippen LogP contribution in [0.4, 0.5) is 15.8 Å². The number of hydrogen-bond acceptors (Lipinski definition) is 9. The smallest absolute Gasteiger partial charge is 0.350 e. The van der Waals surface area contributed by atoms with E-state index in [0.29, 0.717) is 52.4 Å². The molecule has 50 heavy (non-hydrogen) atoms. The first-order valence-corrected chi connectivity index (χ1v) is 17.3. The van der Waals surface area contributed by atoms with Crippen molar-refractivity contribution in [3.05, 3.63) is 112 Å². The topological polar surface area (TPSA) is 105 Å². The average Bonchev–Trinajstić information content (AvgIpc) is 3.88. The molecule has 15 heteroatoms. The Kier molecular flexibility index (Phi) is 9.82. The molecule has 5 aromatic rings. The van der Waals surface area contributed by atoms with E-state index >= 15 is 4.39 Å². The van der Waals surface area contributed by atoms with E-state index in [4.69, 9.17) is 37.4 Å². The van der Waals surface area contributed by atoms with Gasteiger partial charge in [-0.3, -0.25) is 0 Å². The van der Waals surface area contributed by atoms with Crippen molar-refractivity contribution in [2.45, 2.75) is 44.7 Å². The Morgan fingerprint density at radius 1 is 0.980 bits per heavy atom. The van der Waals surface area contributed by atoms with Gasteiger partial charge in [-0.05, 0) is 61.9 Å². The lowest BCUT2D eigenvalue weighted by Crippen LogP contribution is -2.46. The maximum Gasteiger partial charge on any atom is 0.350 e. The van der Waals surface area contributed by atoms with Gasteiger partial charge in [0.15, 0.2) is 0 Å². The van der Waals surface area contributed by atoms with Gasteiger partial charge in [0.05, 0.1) is 29.0 Å². The van der Waals surface area contributed by atoms with Gasteiger partial charge in [-0.2, -0.15) is 10.2 Å². The van der Waals surface area contributed by atoms with Crippen LogP contribution in [0.1, 0.15) is 31.9 Å². The predicted octanol–water partition coefficient (Wildman–Crippen LogP) is 5.72. The third kappa shape index (κ3) is 6.95. The number of piperazine rings is 1. The molecule has 0 spiro atoms. The van der Waals surface area contributed by atoms with Crippen molar-refractivity contribution in [1.29, 1.82) is 0 Å². The van der Waals surface area contributed by atoms with Gasteiger partial charge in [-0.25, -0.2) is 28.1 Å². The van der Waals surface area contributed by atoms with Gasteiger partial charge in [-0.1, -0.05) is 36.2 Å². The molecular formula is C35H37Cl2FN8O4. The predicted molar refractivity (Wildman–Crippen MR) is 188 cm³/mol. The van der Waals surface area contributed by atoms with Crippen molar-refractivity contribution < 1.29 is 18.6 Å². The van der Waals surface area contributed by atoms with Crippen molar-refractivity contribution in [3.8, 4) is 11.4 Å². The summed E-state index contributed by atoms with van der Waals surface area (Å²) in [4.78, 5) is 21.1. The molecule has 0 aliphatic carbocycles. The molecule has 3 aromatic carbocycles.